The van der Waals surface area contributed by atoms with Gasteiger partial charge >= 0.3 is 6.18 Å². The van der Waals surface area contributed by atoms with Crippen LogP contribution in [0.1, 0.15) is 30.4 Å². The molecule has 1 saturated heterocycles. The van der Waals surface area contributed by atoms with Gasteiger partial charge in [0.25, 0.3) is 0 Å². The Hall–Kier alpha value is -0.680. The molecule has 0 saturated carbocycles. The summed E-state index contributed by atoms with van der Waals surface area (Å²) in [6.45, 7) is 1.99. The molecule has 1 heterocycles. The first-order chi connectivity index (χ1) is 9.07. The van der Waals surface area contributed by atoms with Crippen molar-refractivity contribution in [3.8, 4) is 0 Å². The van der Waals surface area contributed by atoms with E-state index in [-0.39, 0.29) is 0 Å². The Balaban J connectivity index is 1.99. The predicted octanol–water partition coefficient (Wildman–Crippen LogP) is 4.08. The summed E-state index contributed by atoms with van der Waals surface area (Å²) in [6, 6.07) is 5.89. The fourth-order valence-electron chi connectivity index (χ4n) is 2.28. The van der Waals surface area contributed by atoms with Crippen LogP contribution < -0.4 is 5.32 Å². The molecule has 1 fully saturated rings. The van der Waals surface area contributed by atoms with E-state index in [0.717, 1.165) is 32.4 Å². The quantitative estimate of drug-likeness (QED) is 0.900. The van der Waals surface area contributed by atoms with Crippen LogP contribution >= 0.6 is 11.8 Å². The molecule has 19 heavy (non-hydrogen) atoms. The minimum absolute atomic E-state index is 0.400. The third-order valence-electron chi connectivity index (χ3n) is 3.32. The van der Waals surface area contributed by atoms with Crippen LogP contribution in [0.25, 0.3) is 0 Å². The van der Waals surface area contributed by atoms with Crippen molar-refractivity contribution in [2.75, 3.05) is 13.1 Å². The lowest BCUT2D eigenvalue weighted by Gasteiger charge is -2.16. The van der Waals surface area contributed by atoms with Crippen molar-refractivity contribution in [3.63, 3.8) is 0 Å². The molecule has 2 rings (SSSR count). The number of halogens is 3. The molecular formula is C14H18F3NS. The highest BCUT2D eigenvalue weighted by atomic mass is 32.2. The minimum atomic E-state index is -4.25. The maximum absolute atomic E-state index is 12.9. The summed E-state index contributed by atoms with van der Waals surface area (Å²) in [7, 11) is 0. The fraction of sp³-hybridized carbons (Fsp3) is 0.571. The molecular weight excluding hydrogens is 271 g/mol. The summed E-state index contributed by atoms with van der Waals surface area (Å²) < 4.78 is 38.6. The third kappa shape index (κ3) is 4.42. The topological polar surface area (TPSA) is 12.0 Å². The zero-order chi connectivity index (χ0) is 13.7. The Bertz CT molecular complexity index is 398. The number of hydrogen-bond acceptors (Lipinski definition) is 2. The molecule has 5 heteroatoms. The maximum atomic E-state index is 12.9. The molecule has 1 unspecified atom stereocenters. The van der Waals surface area contributed by atoms with Gasteiger partial charge in [-0.25, -0.2) is 0 Å². The normalized spacial score (nSPS) is 21.1. The average molecular weight is 289 g/mol. The first-order valence-electron chi connectivity index (χ1n) is 6.55. The maximum Gasteiger partial charge on any atom is 0.416 e. The zero-order valence-electron chi connectivity index (χ0n) is 10.7. The van der Waals surface area contributed by atoms with Crippen LogP contribution in [0.3, 0.4) is 0 Å². The van der Waals surface area contributed by atoms with Crippen LogP contribution in [-0.2, 0) is 11.9 Å². The van der Waals surface area contributed by atoms with Crippen molar-refractivity contribution in [2.24, 2.45) is 0 Å². The van der Waals surface area contributed by atoms with Gasteiger partial charge in [0, 0.05) is 11.0 Å². The van der Waals surface area contributed by atoms with Crippen LogP contribution in [0.15, 0.2) is 24.3 Å². The molecule has 0 aliphatic carbocycles. The van der Waals surface area contributed by atoms with E-state index in [2.05, 4.69) is 5.32 Å². The summed E-state index contributed by atoms with van der Waals surface area (Å²) in [5.74, 6) is 0.445. The largest absolute Gasteiger partial charge is 0.416 e. The van der Waals surface area contributed by atoms with E-state index >= 15 is 0 Å². The number of thioether (sulfide) groups is 1. The van der Waals surface area contributed by atoms with Gasteiger partial charge in [0.2, 0.25) is 0 Å². The summed E-state index contributed by atoms with van der Waals surface area (Å²) in [5, 5.41) is 3.79. The van der Waals surface area contributed by atoms with E-state index in [0.29, 0.717) is 16.6 Å². The van der Waals surface area contributed by atoms with E-state index in [9.17, 15) is 13.2 Å². The Morgan fingerprint density at radius 2 is 1.95 bits per heavy atom. The fourth-order valence-corrected chi connectivity index (χ4v) is 3.57. The van der Waals surface area contributed by atoms with Crippen molar-refractivity contribution < 1.29 is 13.2 Å². The Morgan fingerprint density at radius 3 is 2.74 bits per heavy atom. The van der Waals surface area contributed by atoms with Gasteiger partial charge < -0.3 is 5.32 Å². The molecule has 0 amide bonds. The lowest BCUT2D eigenvalue weighted by molar-refractivity contribution is -0.138. The van der Waals surface area contributed by atoms with Crippen LogP contribution in [0.4, 0.5) is 13.2 Å². The second kappa shape index (κ2) is 6.66. The van der Waals surface area contributed by atoms with Crippen molar-refractivity contribution in [2.45, 2.75) is 36.4 Å². The van der Waals surface area contributed by atoms with Crippen LogP contribution in [-0.4, -0.2) is 18.3 Å². The molecule has 1 aliphatic heterocycles. The van der Waals surface area contributed by atoms with Crippen molar-refractivity contribution >= 4 is 11.8 Å². The molecule has 0 bridgehead atoms. The highest BCUT2D eigenvalue weighted by Crippen LogP contribution is 2.34. The summed E-state index contributed by atoms with van der Waals surface area (Å²) in [6.07, 6.45) is -1.01. The van der Waals surface area contributed by atoms with Crippen LogP contribution in [0, 0.1) is 0 Å². The van der Waals surface area contributed by atoms with Gasteiger partial charge in [0.1, 0.15) is 0 Å². The average Bonchev–Trinajstić information content (AvgIpc) is 2.64. The summed E-state index contributed by atoms with van der Waals surface area (Å²) >= 11 is 1.65. The van der Waals surface area contributed by atoms with Gasteiger partial charge in [-0.1, -0.05) is 18.2 Å². The smallest absolute Gasteiger partial charge is 0.317 e. The second-order valence-corrected chi connectivity index (χ2v) is 6.06. The first-order valence-corrected chi connectivity index (χ1v) is 7.59. The number of benzene rings is 1. The van der Waals surface area contributed by atoms with Gasteiger partial charge in [-0.2, -0.15) is 24.9 Å². The number of nitrogens with one attached hydrogen (secondary N) is 1. The van der Waals surface area contributed by atoms with Gasteiger partial charge in [-0.3, -0.25) is 0 Å². The second-order valence-electron chi connectivity index (χ2n) is 4.77. The lowest BCUT2D eigenvalue weighted by atomic mass is 10.1. The standard InChI is InChI=1S/C14H18F3NS/c15-14(16,17)13-6-2-1-4-11(13)10-19-12-5-3-8-18-9-7-12/h1-2,4,6,12,18H,3,5,7-10H2. The van der Waals surface area contributed by atoms with Crippen molar-refractivity contribution in [3.05, 3.63) is 35.4 Å². The Labute approximate surface area is 116 Å². The first kappa shape index (κ1) is 14.7. The molecule has 1 N–H and O–H groups in total. The number of rotatable bonds is 3. The molecule has 0 spiro atoms. The molecule has 0 radical (unpaired) electrons. The molecule has 0 aromatic heterocycles. The highest BCUT2D eigenvalue weighted by Gasteiger charge is 2.32. The zero-order valence-corrected chi connectivity index (χ0v) is 11.5. The lowest BCUT2D eigenvalue weighted by Crippen LogP contribution is -2.14. The molecule has 1 aromatic rings. The molecule has 1 aromatic carbocycles. The van der Waals surface area contributed by atoms with E-state index in [1.807, 2.05) is 0 Å². The third-order valence-corrected chi connectivity index (χ3v) is 4.74. The summed E-state index contributed by atoms with van der Waals surface area (Å²) in [5.41, 5.74) is -0.0912. The minimum Gasteiger partial charge on any atom is -0.317 e. The van der Waals surface area contributed by atoms with E-state index in [4.69, 9.17) is 0 Å². The molecule has 1 aliphatic rings. The van der Waals surface area contributed by atoms with E-state index in [1.165, 1.54) is 12.1 Å². The molecule has 1 nitrogen and oxygen atoms in total. The van der Waals surface area contributed by atoms with Gasteiger partial charge in [-0.05, 0) is 44.0 Å². The predicted molar refractivity (Wildman–Crippen MR) is 73.2 cm³/mol. The number of alkyl halides is 3. The van der Waals surface area contributed by atoms with Gasteiger partial charge in [0.05, 0.1) is 5.56 Å². The van der Waals surface area contributed by atoms with Gasteiger partial charge in [0.15, 0.2) is 0 Å². The van der Waals surface area contributed by atoms with Crippen molar-refractivity contribution in [1.29, 1.82) is 0 Å². The molecule has 106 valence electrons. The molecule has 1 atom stereocenters. The Kier molecular flexibility index (Phi) is 5.16. The summed E-state index contributed by atoms with van der Waals surface area (Å²) in [4.78, 5) is 0. The van der Waals surface area contributed by atoms with E-state index < -0.39 is 11.7 Å². The number of hydrogen-bond donors (Lipinski definition) is 1. The van der Waals surface area contributed by atoms with Gasteiger partial charge in [-0.15, -0.1) is 0 Å². The van der Waals surface area contributed by atoms with E-state index in [1.54, 1.807) is 23.9 Å². The Morgan fingerprint density at radius 1 is 1.16 bits per heavy atom. The monoisotopic (exact) mass is 289 g/mol. The van der Waals surface area contributed by atoms with Crippen LogP contribution in [0.2, 0.25) is 0 Å². The van der Waals surface area contributed by atoms with Crippen molar-refractivity contribution in [1.82, 2.24) is 5.32 Å². The SMILES string of the molecule is FC(F)(F)c1ccccc1CSC1CCCNCC1. The van der Waals surface area contributed by atoms with Crippen LogP contribution in [0.5, 0.6) is 0 Å². The highest BCUT2D eigenvalue weighted by molar-refractivity contribution is 7.99.